The molecule has 7 nitrogen and oxygen atoms in total. The number of hydrogen-bond donors (Lipinski definition) is 3. The number of pyridine rings is 1. The number of benzene rings is 2. The highest BCUT2D eigenvalue weighted by Crippen LogP contribution is 2.32. The maximum Gasteiger partial charge on any atom is 0.435 e. The third-order valence-corrected chi connectivity index (χ3v) is 6.73. The van der Waals surface area contributed by atoms with Crippen molar-refractivity contribution in [2.45, 2.75) is 38.5 Å². The van der Waals surface area contributed by atoms with Gasteiger partial charge in [-0.15, -0.1) is 0 Å². The number of carbonyl (C=O) groups is 1. The van der Waals surface area contributed by atoms with Gasteiger partial charge in [0.05, 0.1) is 23.1 Å². The lowest BCUT2D eigenvalue weighted by Gasteiger charge is -2.20. The molecule has 11 heteroatoms. The summed E-state index contributed by atoms with van der Waals surface area (Å²) in [6.45, 7) is 2.82. The van der Waals surface area contributed by atoms with Crippen molar-refractivity contribution in [2.24, 2.45) is 11.7 Å². The molecule has 2 aromatic heterocycles. The molecule has 1 saturated carbocycles. The van der Waals surface area contributed by atoms with E-state index in [1.165, 1.54) is 24.3 Å². The topological polar surface area (TPSA) is 97.9 Å². The van der Waals surface area contributed by atoms with Crippen molar-refractivity contribution in [3.05, 3.63) is 106 Å². The zero-order valence-corrected chi connectivity index (χ0v) is 21.7. The van der Waals surface area contributed by atoms with Crippen LogP contribution in [0.25, 0.3) is 5.69 Å². The van der Waals surface area contributed by atoms with Gasteiger partial charge >= 0.3 is 6.18 Å². The van der Waals surface area contributed by atoms with Crippen molar-refractivity contribution < 1.29 is 22.4 Å². The van der Waals surface area contributed by atoms with Crippen molar-refractivity contribution in [1.82, 2.24) is 20.1 Å². The Morgan fingerprint density at radius 3 is 2.60 bits per heavy atom. The smallest absolute Gasteiger partial charge is 0.326 e. The van der Waals surface area contributed by atoms with Crippen LogP contribution in [0.15, 0.2) is 66.9 Å². The number of aryl methyl sites for hydroxylation is 1. The van der Waals surface area contributed by atoms with Gasteiger partial charge in [-0.3, -0.25) is 9.78 Å². The van der Waals surface area contributed by atoms with Gasteiger partial charge < -0.3 is 16.4 Å². The fourth-order valence-corrected chi connectivity index (χ4v) is 4.35. The first-order valence-electron chi connectivity index (χ1n) is 12.9. The molecule has 1 atom stereocenters. The van der Waals surface area contributed by atoms with E-state index < -0.39 is 29.3 Å². The van der Waals surface area contributed by atoms with E-state index in [4.69, 9.17) is 5.73 Å². The van der Waals surface area contributed by atoms with Crippen molar-refractivity contribution in [3.63, 3.8) is 0 Å². The number of halogens is 4. The molecule has 1 fully saturated rings. The van der Waals surface area contributed by atoms with Gasteiger partial charge in [0.1, 0.15) is 11.5 Å². The summed E-state index contributed by atoms with van der Waals surface area (Å²) in [4.78, 5) is 17.8. The van der Waals surface area contributed by atoms with Crippen molar-refractivity contribution in [2.75, 3.05) is 11.9 Å². The van der Waals surface area contributed by atoms with Gasteiger partial charge in [-0.05, 0) is 79.3 Å². The minimum Gasteiger partial charge on any atom is -0.326 e. The second-order valence-electron chi connectivity index (χ2n) is 9.94. The molecular weight excluding hydrogens is 524 g/mol. The summed E-state index contributed by atoms with van der Waals surface area (Å²) >= 11 is 0. The molecule has 0 aliphatic heterocycles. The highest BCUT2D eigenvalue weighted by atomic mass is 19.4. The van der Waals surface area contributed by atoms with E-state index in [9.17, 15) is 22.4 Å². The number of nitrogens with one attached hydrogen (secondary N) is 2. The minimum atomic E-state index is -4.79. The van der Waals surface area contributed by atoms with Crippen LogP contribution in [0.4, 0.5) is 23.2 Å². The molecule has 1 aliphatic rings. The Hall–Kier alpha value is -4.09. The lowest BCUT2D eigenvalue weighted by Crippen LogP contribution is -2.26. The summed E-state index contributed by atoms with van der Waals surface area (Å²) < 4.78 is 56.5. The molecule has 0 saturated heterocycles. The summed E-state index contributed by atoms with van der Waals surface area (Å²) in [5.74, 6) is -1.12. The molecule has 40 heavy (non-hydrogen) atoms. The van der Waals surface area contributed by atoms with Gasteiger partial charge in [-0.25, -0.2) is 9.07 Å². The average molecular weight is 553 g/mol. The van der Waals surface area contributed by atoms with E-state index in [0.29, 0.717) is 23.1 Å². The Labute approximate surface area is 228 Å². The zero-order chi connectivity index (χ0) is 28.4. The minimum absolute atomic E-state index is 0.145. The number of rotatable bonds is 9. The van der Waals surface area contributed by atoms with Gasteiger partial charge in [0.15, 0.2) is 5.69 Å². The Bertz CT molecular complexity index is 1510. The number of nitrogens with two attached hydrogens (primary N) is 1. The number of alkyl halides is 3. The molecule has 4 aromatic rings. The molecule has 0 bridgehead atoms. The standard InChI is InChI=1S/C29H28F4N6O/c1-17-5-10-23(35-15-17)27(36-16-18-6-7-18)20-8-9-22(30)24(12-20)37-28(40)25-13-26(29(31,32)33)38-39(25)21-4-2-3-19(11-21)14-34/h2-5,8-13,15,18,27,36H,6-7,14,16,34H2,1H3,(H,37,40). The molecule has 0 spiro atoms. The summed E-state index contributed by atoms with van der Waals surface area (Å²) in [6, 6.07) is 14.7. The van der Waals surface area contributed by atoms with Gasteiger partial charge in [-0.2, -0.15) is 18.3 Å². The van der Waals surface area contributed by atoms with Crippen LogP contribution in [0.3, 0.4) is 0 Å². The highest BCUT2D eigenvalue weighted by Gasteiger charge is 2.36. The van der Waals surface area contributed by atoms with E-state index in [2.05, 4.69) is 20.7 Å². The van der Waals surface area contributed by atoms with Crippen LogP contribution in [0.2, 0.25) is 0 Å². The van der Waals surface area contributed by atoms with E-state index in [1.54, 1.807) is 24.4 Å². The van der Waals surface area contributed by atoms with E-state index in [-0.39, 0.29) is 24.0 Å². The van der Waals surface area contributed by atoms with Crippen LogP contribution < -0.4 is 16.4 Å². The SMILES string of the molecule is Cc1ccc(C(NCC2CC2)c2ccc(F)c(NC(=O)c3cc(C(F)(F)F)nn3-c3cccc(CN)c3)c2)nc1. The molecular formula is C29H28F4N6O. The molecule has 5 rings (SSSR count). The highest BCUT2D eigenvalue weighted by molar-refractivity contribution is 6.03. The van der Waals surface area contributed by atoms with Crippen molar-refractivity contribution in [3.8, 4) is 5.69 Å². The maximum atomic E-state index is 14.9. The zero-order valence-electron chi connectivity index (χ0n) is 21.7. The number of carbonyl (C=O) groups excluding carboxylic acids is 1. The Kier molecular flexibility index (Phi) is 7.68. The number of hydrogen-bond acceptors (Lipinski definition) is 5. The number of nitrogens with zero attached hydrogens (tertiary/aromatic N) is 3. The largest absolute Gasteiger partial charge is 0.435 e. The number of amides is 1. The third-order valence-electron chi connectivity index (χ3n) is 6.73. The van der Waals surface area contributed by atoms with Crippen LogP contribution in [-0.4, -0.2) is 27.2 Å². The maximum absolute atomic E-state index is 14.9. The lowest BCUT2D eigenvalue weighted by molar-refractivity contribution is -0.141. The number of aromatic nitrogens is 3. The Morgan fingerprint density at radius 1 is 1.12 bits per heavy atom. The van der Waals surface area contributed by atoms with E-state index in [0.717, 1.165) is 35.3 Å². The quantitative estimate of drug-likeness (QED) is 0.237. The summed E-state index contributed by atoms with van der Waals surface area (Å²) in [6.07, 6.45) is -0.786. The van der Waals surface area contributed by atoms with Gasteiger partial charge in [0.25, 0.3) is 5.91 Å². The molecule has 1 unspecified atom stereocenters. The van der Waals surface area contributed by atoms with Gasteiger partial charge in [-0.1, -0.05) is 24.3 Å². The molecule has 2 aromatic carbocycles. The summed E-state index contributed by atoms with van der Waals surface area (Å²) in [5.41, 5.74) is 7.06. The molecule has 1 aliphatic carbocycles. The molecule has 208 valence electrons. The van der Waals surface area contributed by atoms with Crippen LogP contribution >= 0.6 is 0 Å². The predicted octanol–water partition coefficient (Wildman–Crippen LogP) is 5.53. The van der Waals surface area contributed by atoms with Crippen molar-refractivity contribution in [1.29, 1.82) is 0 Å². The van der Waals surface area contributed by atoms with Crippen molar-refractivity contribution >= 4 is 11.6 Å². The van der Waals surface area contributed by atoms with E-state index >= 15 is 0 Å². The summed E-state index contributed by atoms with van der Waals surface area (Å²) in [7, 11) is 0. The predicted molar refractivity (Wildman–Crippen MR) is 142 cm³/mol. The fourth-order valence-electron chi connectivity index (χ4n) is 4.35. The molecule has 0 radical (unpaired) electrons. The first-order chi connectivity index (χ1) is 19.1. The normalized spacial score (nSPS) is 14.2. The van der Waals surface area contributed by atoms with Crippen LogP contribution in [-0.2, 0) is 12.7 Å². The van der Waals surface area contributed by atoms with Crippen LogP contribution in [0.5, 0.6) is 0 Å². The number of anilines is 1. The molecule has 2 heterocycles. The first-order valence-corrected chi connectivity index (χ1v) is 12.9. The van der Waals surface area contributed by atoms with Gasteiger partial charge in [0, 0.05) is 18.8 Å². The summed E-state index contributed by atoms with van der Waals surface area (Å²) in [5, 5.41) is 9.56. The van der Waals surface area contributed by atoms with Crippen LogP contribution in [0, 0.1) is 18.7 Å². The molecule has 4 N–H and O–H groups in total. The molecule has 1 amide bonds. The van der Waals surface area contributed by atoms with E-state index in [1.807, 2.05) is 19.1 Å². The van der Waals surface area contributed by atoms with Crippen LogP contribution in [0.1, 0.15) is 57.5 Å². The monoisotopic (exact) mass is 552 g/mol. The first kappa shape index (κ1) is 27.5. The second-order valence-corrected chi connectivity index (χ2v) is 9.94. The second kappa shape index (κ2) is 11.2. The third kappa shape index (κ3) is 6.21. The Morgan fingerprint density at radius 2 is 1.93 bits per heavy atom. The average Bonchev–Trinajstić information content (AvgIpc) is 3.64. The lowest BCUT2D eigenvalue weighted by atomic mass is 10.0. The fraction of sp³-hybridized carbons (Fsp3) is 0.276. The Balaban J connectivity index is 1.48. The van der Waals surface area contributed by atoms with Gasteiger partial charge in [0.2, 0.25) is 0 Å².